The SMILES string of the molecule is O=C(NC[C@@H](c1ccco1)[NH+]1CCOCC1)c1ccc(Cl)cc1. The van der Waals surface area contributed by atoms with Gasteiger partial charge in [0, 0.05) is 10.6 Å². The third-order valence-corrected chi connectivity index (χ3v) is 4.34. The molecule has 2 aromatic rings. The zero-order valence-electron chi connectivity index (χ0n) is 12.8. The van der Waals surface area contributed by atoms with Gasteiger partial charge in [0.1, 0.15) is 13.1 Å². The van der Waals surface area contributed by atoms with Crippen molar-refractivity contribution in [3.63, 3.8) is 0 Å². The maximum Gasteiger partial charge on any atom is 0.251 e. The molecule has 0 unspecified atom stereocenters. The van der Waals surface area contributed by atoms with Gasteiger partial charge in [-0.3, -0.25) is 4.79 Å². The molecule has 3 rings (SSSR count). The first-order valence-electron chi connectivity index (χ1n) is 7.73. The molecule has 1 aromatic heterocycles. The van der Waals surface area contributed by atoms with E-state index < -0.39 is 0 Å². The number of halogens is 1. The van der Waals surface area contributed by atoms with E-state index in [0.717, 1.165) is 32.1 Å². The Labute approximate surface area is 140 Å². The summed E-state index contributed by atoms with van der Waals surface area (Å²) in [7, 11) is 0. The lowest BCUT2D eigenvalue weighted by Crippen LogP contribution is -3.15. The first kappa shape index (κ1) is 16.1. The van der Waals surface area contributed by atoms with E-state index in [1.165, 1.54) is 4.90 Å². The molecule has 1 saturated heterocycles. The van der Waals surface area contributed by atoms with E-state index in [1.54, 1.807) is 30.5 Å². The van der Waals surface area contributed by atoms with Gasteiger partial charge in [-0.25, -0.2) is 0 Å². The second kappa shape index (κ2) is 7.64. The highest BCUT2D eigenvalue weighted by molar-refractivity contribution is 6.30. The first-order valence-corrected chi connectivity index (χ1v) is 8.11. The summed E-state index contributed by atoms with van der Waals surface area (Å²) in [6, 6.07) is 10.8. The Balaban J connectivity index is 1.66. The van der Waals surface area contributed by atoms with Crippen LogP contribution in [0.3, 0.4) is 0 Å². The van der Waals surface area contributed by atoms with Crippen molar-refractivity contribution in [1.82, 2.24) is 5.32 Å². The van der Waals surface area contributed by atoms with Crippen LogP contribution in [0.4, 0.5) is 0 Å². The summed E-state index contributed by atoms with van der Waals surface area (Å²) < 4.78 is 11.0. The molecule has 1 fully saturated rings. The van der Waals surface area contributed by atoms with Gasteiger partial charge in [0.05, 0.1) is 26.0 Å². The molecular weight excluding hydrogens is 316 g/mol. The van der Waals surface area contributed by atoms with E-state index in [0.29, 0.717) is 17.1 Å². The molecule has 1 amide bonds. The topological polar surface area (TPSA) is 55.9 Å². The molecule has 6 heteroatoms. The molecule has 122 valence electrons. The monoisotopic (exact) mass is 335 g/mol. The molecule has 1 aliphatic rings. The average molecular weight is 336 g/mol. The second-order valence-corrected chi connectivity index (χ2v) is 5.99. The second-order valence-electron chi connectivity index (χ2n) is 5.56. The molecule has 23 heavy (non-hydrogen) atoms. The average Bonchev–Trinajstić information content (AvgIpc) is 3.11. The van der Waals surface area contributed by atoms with Gasteiger partial charge in [-0.2, -0.15) is 0 Å². The summed E-state index contributed by atoms with van der Waals surface area (Å²) in [6.45, 7) is 3.80. The Morgan fingerprint density at radius 3 is 2.61 bits per heavy atom. The van der Waals surface area contributed by atoms with E-state index in [-0.39, 0.29) is 11.9 Å². The van der Waals surface area contributed by atoms with Crippen molar-refractivity contribution >= 4 is 17.5 Å². The summed E-state index contributed by atoms with van der Waals surface area (Å²) in [6.07, 6.45) is 1.67. The Morgan fingerprint density at radius 1 is 1.22 bits per heavy atom. The van der Waals surface area contributed by atoms with Crippen molar-refractivity contribution in [2.24, 2.45) is 0 Å². The predicted octanol–water partition coefficient (Wildman–Crippen LogP) is 1.32. The lowest BCUT2D eigenvalue weighted by Gasteiger charge is -2.30. The molecule has 0 radical (unpaired) electrons. The van der Waals surface area contributed by atoms with Crippen LogP contribution in [-0.2, 0) is 4.74 Å². The maximum absolute atomic E-state index is 12.3. The zero-order chi connectivity index (χ0) is 16.1. The molecule has 0 aliphatic carbocycles. The van der Waals surface area contributed by atoms with Gasteiger partial charge in [0.25, 0.3) is 5.91 Å². The third-order valence-electron chi connectivity index (χ3n) is 4.09. The van der Waals surface area contributed by atoms with Gasteiger partial charge in [0.15, 0.2) is 11.8 Å². The Morgan fingerprint density at radius 2 is 1.96 bits per heavy atom. The van der Waals surface area contributed by atoms with Crippen LogP contribution < -0.4 is 10.2 Å². The highest BCUT2D eigenvalue weighted by atomic mass is 35.5. The van der Waals surface area contributed by atoms with Gasteiger partial charge in [-0.15, -0.1) is 0 Å². The number of carbonyl (C=O) groups is 1. The number of rotatable bonds is 5. The fraction of sp³-hybridized carbons (Fsp3) is 0.353. The number of carbonyl (C=O) groups excluding carboxylic acids is 1. The molecule has 0 saturated carbocycles. The summed E-state index contributed by atoms with van der Waals surface area (Å²) in [5.41, 5.74) is 0.601. The van der Waals surface area contributed by atoms with Crippen LogP contribution in [0.5, 0.6) is 0 Å². The third kappa shape index (κ3) is 4.13. The van der Waals surface area contributed by atoms with Crippen LogP contribution in [0.2, 0.25) is 5.02 Å². The van der Waals surface area contributed by atoms with Crippen molar-refractivity contribution < 1.29 is 18.8 Å². The van der Waals surface area contributed by atoms with Crippen LogP contribution in [-0.4, -0.2) is 38.8 Å². The van der Waals surface area contributed by atoms with Crippen molar-refractivity contribution in [2.45, 2.75) is 6.04 Å². The Bertz CT molecular complexity index is 622. The minimum Gasteiger partial charge on any atom is -0.463 e. The molecular formula is C17H20ClN2O3+. The van der Waals surface area contributed by atoms with Crippen LogP contribution in [0.25, 0.3) is 0 Å². The fourth-order valence-corrected chi connectivity index (χ4v) is 2.94. The molecule has 5 nitrogen and oxygen atoms in total. The number of furan rings is 1. The molecule has 2 heterocycles. The number of hydrogen-bond donors (Lipinski definition) is 2. The maximum atomic E-state index is 12.3. The van der Waals surface area contributed by atoms with Gasteiger partial charge in [-0.1, -0.05) is 11.6 Å². The van der Waals surface area contributed by atoms with Crippen LogP contribution in [0.1, 0.15) is 22.2 Å². The van der Waals surface area contributed by atoms with E-state index in [2.05, 4.69) is 5.32 Å². The molecule has 0 bridgehead atoms. The van der Waals surface area contributed by atoms with E-state index in [1.807, 2.05) is 12.1 Å². The summed E-state index contributed by atoms with van der Waals surface area (Å²) >= 11 is 5.85. The smallest absolute Gasteiger partial charge is 0.251 e. The lowest BCUT2D eigenvalue weighted by molar-refractivity contribution is -0.938. The predicted molar refractivity (Wildman–Crippen MR) is 86.7 cm³/mol. The van der Waals surface area contributed by atoms with Crippen molar-refractivity contribution in [1.29, 1.82) is 0 Å². The zero-order valence-corrected chi connectivity index (χ0v) is 13.5. The van der Waals surface area contributed by atoms with Gasteiger partial charge < -0.3 is 19.4 Å². The highest BCUT2D eigenvalue weighted by Gasteiger charge is 2.29. The summed E-state index contributed by atoms with van der Waals surface area (Å²) in [4.78, 5) is 13.7. The minimum atomic E-state index is -0.106. The van der Waals surface area contributed by atoms with Crippen molar-refractivity contribution in [3.05, 3.63) is 59.0 Å². The largest absolute Gasteiger partial charge is 0.463 e. The first-order chi connectivity index (χ1) is 11.2. The van der Waals surface area contributed by atoms with Crippen LogP contribution in [0.15, 0.2) is 47.1 Å². The van der Waals surface area contributed by atoms with Gasteiger partial charge >= 0.3 is 0 Å². The van der Waals surface area contributed by atoms with Crippen molar-refractivity contribution in [3.8, 4) is 0 Å². The van der Waals surface area contributed by atoms with E-state index >= 15 is 0 Å². The highest BCUT2D eigenvalue weighted by Crippen LogP contribution is 2.12. The number of hydrogen-bond acceptors (Lipinski definition) is 3. The van der Waals surface area contributed by atoms with E-state index in [9.17, 15) is 4.79 Å². The van der Waals surface area contributed by atoms with E-state index in [4.69, 9.17) is 20.8 Å². The van der Waals surface area contributed by atoms with Gasteiger partial charge in [0.2, 0.25) is 0 Å². The quantitative estimate of drug-likeness (QED) is 0.866. The van der Waals surface area contributed by atoms with Crippen LogP contribution in [0, 0.1) is 0 Å². The summed E-state index contributed by atoms with van der Waals surface area (Å²) in [5.74, 6) is 0.782. The Kier molecular flexibility index (Phi) is 5.33. The van der Waals surface area contributed by atoms with Crippen molar-refractivity contribution in [2.75, 3.05) is 32.8 Å². The molecule has 0 spiro atoms. The Hall–Kier alpha value is -1.82. The van der Waals surface area contributed by atoms with Crippen LogP contribution >= 0.6 is 11.6 Å². The fourth-order valence-electron chi connectivity index (χ4n) is 2.82. The normalized spacial score (nSPS) is 16.9. The minimum absolute atomic E-state index is 0.0881. The van der Waals surface area contributed by atoms with Gasteiger partial charge in [-0.05, 0) is 36.4 Å². The molecule has 1 atom stereocenters. The summed E-state index contributed by atoms with van der Waals surface area (Å²) in [5, 5.41) is 3.62. The molecule has 2 N–H and O–H groups in total. The molecule has 1 aromatic carbocycles. The number of morpholine rings is 1. The lowest BCUT2D eigenvalue weighted by atomic mass is 10.1. The molecule has 1 aliphatic heterocycles. The number of benzene rings is 1. The standard InChI is InChI=1S/C17H19ClN2O3/c18-14-5-3-13(4-6-14)17(21)19-12-15(16-2-1-9-23-16)20-7-10-22-11-8-20/h1-6,9,15H,7-8,10-12H2,(H,19,21)/p+1/t15-/m0/s1. The number of quaternary nitrogens is 1. The number of amides is 1. The number of ether oxygens (including phenoxy) is 1. The number of nitrogens with one attached hydrogen (secondary N) is 2.